The zero-order valence-corrected chi connectivity index (χ0v) is 11.0. The molecule has 0 aliphatic carbocycles. The number of pyridine rings is 1. The fraction of sp³-hybridized carbons (Fsp3) is 0.538. The average Bonchev–Trinajstić information content (AvgIpc) is 2.87. The number of carbonyl (C=O) groups excluding carboxylic acids is 1. The van der Waals surface area contributed by atoms with Crippen LogP contribution < -0.4 is 10.6 Å². The predicted octanol–water partition coefficient (Wildman–Crippen LogP) is 1.68. The predicted molar refractivity (Wildman–Crippen MR) is 71.4 cm³/mol. The number of halogens is 1. The first-order chi connectivity index (χ1) is 9.17. The highest BCUT2D eigenvalue weighted by Crippen LogP contribution is 2.14. The highest BCUT2D eigenvalue weighted by atomic mass is 19.1. The number of rotatable bonds is 4. The number of carbonyl (C=O) groups is 1. The molecular formula is C13H19FN4O. The van der Waals surface area contributed by atoms with Crippen LogP contribution in [0.3, 0.4) is 0 Å². The lowest BCUT2D eigenvalue weighted by molar-refractivity contribution is 0.249. The molecule has 2 heterocycles. The number of amides is 2. The summed E-state index contributed by atoms with van der Waals surface area (Å²) in [6.07, 6.45) is 2.19. The van der Waals surface area contributed by atoms with Crippen LogP contribution in [0.25, 0.3) is 0 Å². The van der Waals surface area contributed by atoms with Crippen LogP contribution in [-0.2, 0) is 0 Å². The third kappa shape index (κ3) is 4.17. The molecule has 0 bridgehead atoms. The van der Waals surface area contributed by atoms with Gasteiger partial charge in [-0.1, -0.05) is 6.92 Å². The molecule has 1 aromatic rings. The van der Waals surface area contributed by atoms with Crippen LogP contribution in [0.4, 0.5) is 15.0 Å². The molecule has 0 spiro atoms. The van der Waals surface area contributed by atoms with Gasteiger partial charge in [0.1, 0.15) is 11.6 Å². The Labute approximate surface area is 112 Å². The molecule has 2 amide bonds. The molecule has 0 aromatic carbocycles. The summed E-state index contributed by atoms with van der Waals surface area (Å²) in [4.78, 5) is 17.8. The second-order valence-electron chi connectivity index (χ2n) is 4.74. The van der Waals surface area contributed by atoms with E-state index in [-0.39, 0.29) is 6.03 Å². The Morgan fingerprint density at radius 2 is 2.42 bits per heavy atom. The lowest BCUT2D eigenvalue weighted by Gasteiger charge is -2.14. The van der Waals surface area contributed by atoms with Crippen molar-refractivity contribution in [2.24, 2.45) is 5.92 Å². The maximum absolute atomic E-state index is 12.7. The molecular weight excluding hydrogens is 247 g/mol. The highest BCUT2D eigenvalue weighted by Gasteiger charge is 2.21. The van der Waals surface area contributed by atoms with Crippen molar-refractivity contribution in [2.45, 2.75) is 13.3 Å². The van der Waals surface area contributed by atoms with Crippen LogP contribution in [-0.4, -0.2) is 42.1 Å². The van der Waals surface area contributed by atoms with Crippen molar-refractivity contribution in [1.29, 1.82) is 0 Å². The van der Waals surface area contributed by atoms with Crippen LogP contribution >= 0.6 is 0 Å². The third-order valence-electron chi connectivity index (χ3n) is 3.34. The van der Waals surface area contributed by atoms with E-state index in [1.807, 2.05) is 0 Å². The normalized spacial score (nSPS) is 19.4. The first-order valence-corrected chi connectivity index (χ1v) is 6.56. The zero-order valence-electron chi connectivity index (χ0n) is 11.0. The van der Waals surface area contributed by atoms with Gasteiger partial charge >= 0.3 is 6.03 Å². The summed E-state index contributed by atoms with van der Waals surface area (Å²) in [6.45, 7) is 5.99. The topological polar surface area (TPSA) is 57.3 Å². The molecule has 2 rings (SSSR count). The Hall–Kier alpha value is -1.69. The minimum Gasteiger partial charge on any atom is -0.338 e. The van der Waals surface area contributed by atoms with Gasteiger partial charge < -0.3 is 10.2 Å². The van der Waals surface area contributed by atoms with Crippen molar-refractivity contribution in [3.05, 3.63) is 24.1 Å². The molecule has 1 unspecified atom stereocenters. The molecule has 1 aromatic heterocycles. The van der Waals surface area contributed by atoms with Gasteiger partial charge in [-0.2, -0.15) is 0 Å². The van der Waals surface area contributed by atoms with E-state index in [0.29, 0.717) is 18.3 Å². The summed E-state index contributed by atoms with van der Waals surface area (Å²) < 4.78 is 12.7. The zero-order chi connectivity index (χ0) is 13.7. The van der Waals surface area contributed by atoms with E-state index in [4.69, 9.17) is 0 Å². The number of nitrogens with one attached hydrogen (secondary N) is 2. The largest absolute Gasteiger partial charge is 0.338 e. The molecule has 1 saturated heterocycles. The summed E-state index contributed by atoms with van der Waals surface area (Å²) in [5.74, 6) is 0.434. The fourth-order valence-electron chi connectivity index (χ4n) is 2.21. The monoisotopic (exact) mass is 266 g/mol. The number of hydrogen-bond acceptors (Lipinski definition) is 3. The quantitative estimate of drug-likeness (QED) is 0.872. The molecule has 104 valence electrons. The summed E-state index contributed by atoms with van der Waals surface area (Å²) in [7, 11) is 0. The SMILES string of the molecule is CCN1CCC(CNC(=O)Nc2ccc(F)cn2)C1. The summed E-state index contributed by atoms with van der Waals surface area (Å²) >= 11 is 0. The Morgan fingerprint density at radius 3 is 3.05 bits per heavy atom. The minimum atomic E-state index is -0.420. The molecule has 1 fully saturated rings. The maximum Gasteiger partial charge on any atom is 0.320 e. The van der Waals surface area contributed by atoms with E-state index in [2.05, 4.69) is 27.4 Å². The minimum absolute atomic E-state index is 0.297. The van der Waals surface area contributed by atoms with Crippen molar-refractivity contribution in [3.8, 4) is 0 Å². The van der Waals surface area contributed by atoms with Gasteiger partial charge in [0.2, 0.25) is 0 Å². The van der Waals surface area contributed by atoms with Crippen LogP contribution in [0.2, 0.25) is 0 Å². The molecule has 2 N–H and O–H groups in total. The van der Waals surface area contributed by atoms with Crippen molar-refractivity contribution in [2.75, 3.05) is 31.5 Å². The van der Waals surface area contributed by atoms with E-state index in [0.717, 1.165) is 32.3 Å². The summed E-state index contributed by atoms with van der Waals surface area (Å²) in [6, 6.07) is 2.40. The number of anilines is 1. The molecule has 1 aliphatic heterocycles. The van der Waals surface area contributed by atoms with Crippen molar-refractivity contribution < 1.29 is 9.18 Å². The van der Waals surface area contributed by atoms with Gasteiger partial charge in [0, 0.05) is 13.1 Å². The summed E-state index contributed by atoms with van der Waals surface area (Å²) in [5.41, 5.74) is 0. The smallest absolute Gasteiger partial charge is 0.320 e. The van der Waals surface area contributed by atoms with Crippen LogP contribution in [0.15, 0.2) is 18.3 Å². The van der Waals surface area contributed by atoms with Gasteiger partial charge in [0.15, 0.2) is 0 Å². The van der Waals surface area contributed by atoms with Gasteiger partial charge in [-0.05, 0) is 37.6 Å². The number of aromatic nitrogens is 1. The van der Waals surface area contributed by atoms with E-state index in [1.165, 1.54) is 12.1 Å². The maximum atomic E-state index is 12.7. The van der Waals surface area contributed by atoms with Crippen LogP contribution in [0, 0.1) is 11.7 Å². The molecule has 6 heteroatoms. The van der Waals surface area contributed by atoms with Gasteiger partial charge in [0.05, 0.1) is 6.20 Å². The van der Waals surface area contributed by atoms with E-state index < -0.39 is 5.82 Å². The molecule has 1 atom stereocenters. The van der Waals surface area contributed by atoms with Crippen LogP contribution in [0.1, 0.15) is 13.3 Å². The average molecular weight is 266 g/mol. The Bertz CT molecular complexity index is 423. The van der Waals surface area contributed by atoms with Gasteiger partial charge in [-0.3, -0.25) is 5.32 Å². The highest BCUT2D eigenvalue weighted by molar-refractivity contribution is 5.88. The fourth-order valence-corrected chi connectivity index (χ4v) is 2.21. The first-order valence-electron chi connectivity index (χ1n) is 6.56. The van der Waals surface area contributed by atoms with Crippen molar-refractivity contribution in [3.63, 3.8) is 0 Å². The number of urea groups is 1. The van der Waals surface area contributed by atoms with Gasteiger partial charge in [-0.25, -0.2) is 14.2 Å². The van der Waals surface area contributed by atoms with E-state index in [1.54, 1.807) is 0 Å². The van der Waals surface area contributed by atoms with Crippen molar-refractivity contribution in [1.82, 2.24) is 15.2 Å². The third-order valence-corrected chi connectivity index (χ3v) is 3.34. The Kier molecular flexibility index (Phi) is 4.68. The lowest BCUT2D eigenvalue weighted by Crippen LogP contribution is -2.34. The van der Waals surface area contributed by atoms with Gasteiger partial charge in [0.25, 0.3) is 0 Å². The molecule has 0 radical (unpaired) electrons. The molecule has 1 aliphatic rings. The molecule has 5 nitrogen and oxygen atoms in total. The Balaban J connectivity index is 1.71. The van der Waals surface area contributed by atoms with Gasteiger partial charge in [-0.15, -0.1) is 0 Å². The van der Waals surface area contributed by atoms with Crippen LogP contribution in [0.5, 0.6) is 0 Å². The first kappa shape index (κ1) is 13.7. The second-order valence-corrected chi connectivity index (χ2v) is 4.74. The Morgan fingerprint density at radius 1 is 1.58 bits per heavy atom. The van der Waals surface area contributed by atoms with Crippen molar-refractivity contribution >= 4 is 11.8 Å². The molecule has 0 saturated carbocycles. The van der Waals surface area contributed by atoms with E-state index >= 15 is 0 Å². The van der Waals surface area contributed by atoms with E-state index in [9.17, 15) is 9.18 Å². The second kappa shape index (κ2) is 6.47. The standard InChI is InChI=1S/C13H19FN4O/c1-2-18-6-5-10(9-18)7-16-13(19)17-12-4-3-11(14)8-15-12/h3-4,8,10H,2,5-7,9H2,1H3,(H2,15,16,17,19). The number of hydrogen-bond donors (Lipinski definition) is 2. The number of nitrogens with zero attached hydrogens (tertiary/aromatic N) is 2. The molecule has 19 heavy (non-hydrogen) atoms. The number of likely N-dealkylation sites (tertiary alicyclic amines) is 1. The lowest BCUT2D eigenvalue weighted by atomic mass is 10.1. The summed E-state index contributed by atoms with van der Waals surface area (Å²) in [5, 5.41) is 5.40.